The molecule has 1 aliphatic carbocycles. The molecular weight excluding hydrogens is 252 g/mol. The van der Waals surface area contributed by atoms with Crippen LogP contribution in [0.2, 0.25) is 0 Å². The van der Waals surface area contributed by atoms with Crippen LogP contribution in [0, 0.1) is 30.1 Å². The highest BCUT2D eigenvalue weighted by Crippen LogP contribution is 2.42. The number of hydrogen-bond acceptors (Lipinski definition) is 3. The average molecular weight is 278 g/mol. The predicted molar refractivity (Wildman–Crippen MR) is 78.9 cm³/mol. The molecule has 0 spiro atoms. The van der Waals surface area contributed by atoms with E-state index >= 15 is 0 Å². The fraction of sp³-hybridized carbons (Fsp3) is 0.765. The molecule has 5 atom stereocenters. The third kappa shape index (κ3) is 2.93. The number of rotatable bonds is 3. The maximum atomic E-state index is 9.65. The van der Waals surface area contributed by atoms with Crippen molar-refractivity contribution in [3.8, 4) is 12.3 Å². The first kappa shape index (κ1) is 15.6. The van der Waals surface area contributed by atoms with Gasteiger partial charge in [0.05, 0.1) is 0 Å². The normalized spacial score (nSPS) is 43.4. The molecule has 0 radical (unpaired) electrons. The fourth-order valence-electron chi connectivity index (χ4n) is 3.53. The van der Waals surface area contributed by atoms with Crippen LogP contribution in [0.3, 0.4) is 0 Å². The van der Waals surface area contributed by atoms with Crippen molar-refractivity contribution in [3.63, 3.8) is 0 Å². The predicted octanol–water partition coefficient (Wildman–Crippen LogP) is 2.74. The summed E-state index contributed by atoms with van der Waals surface area (Å²) in [6.45, 7) is 8.08. The molecule has 0 unspecified atom stereocenters. The second-order valence-electron chi connectivity index (χ2n) is 6.72. The van der Waals surface area contributed by atoms with Crippen LogP contribution in [-0.4, -0.2) is 29.2 Å². The first-order valence-electron chi connectivity index (χ1n) is 7.44. The Morgan fingerprint density at radius 2 is 2.10 bits per heavy atom. The minimum Gasteiger partial charge on any atom is -0.396 e. The molecule has 1 N–H and O–H groups in total. The highest BCUT2D eigenvalue weighted by molar-refractivity contribution is 5.14. The minimum atomic E-state index is -0.687. The van der Waals surface area contributed by atoms with E-state index in [1.165, 1.54) is 0 Å². The van der Waals surface area contributed by atoms with Crippen LogP contribution in [0.1, 0.15) is 40.5 Å². The van der Waals surface area contributed by atoms with Gasteiger partial charge in [-0.15, -0.1) is 6.42 Å². The molecule has 0 aromatic carbocycles. The first-order chi connectivity index (χ1) is 9.31. The van der Waals surface area contributed by atoms with Crippen molar-refractivity contribution in [1.82, 2.24) is 0 Å². The zero-order chi connectivity index (χ0) is 15.0. The molecule has 1 aliphatic heterocycles. The third-order valence-corrected chi connectivity index (χ3v) is 4.67. The van der Waals surface area contributed by atoms with Gasteiger partial charge in [0.2, 0.25) is 0 Å². The molecule has 20 heavy (non-hydrogen) atoms. The number of allylic oxidation sites excluding steroid dienone is 2. The van der Waals surface area contributed by atoms with E-state index in [1.54, 1.807) is 0 Å². The van der Waals surface area contributed by atoms with Crippen LogP contribution in [0.15, 0.2) is 12.2 Å². The number of terminal acetylenes is 1. The van der Waals surface area contributed by atoms with Crippen molar-refractivity contribution in [2.45, 2.75) is 58.0 Å². The van der Waals surface area contributed by atoms with E-state index in [9.17, 15) is 5.11 Å². The van der Waals surface area contributed by atoms with Gasteiger partial charge < -0.3 is 14.6 Å². The molecule has 0 aromatic heterocycles. The van der Waals surface area contributed by atoms with E-state index in [1.807, 2.05) is 20.8 Å². The van der Waals surface area contributed by atoms with Gasteiger partial charge >= 0.3 is 0 Å². The maximum Gasteiger partial charge on any atom is 0.165 e. The van der Waals surface area contributed by atoms with Crippen molar-refractivity contribution in [3.05, 3.63) is 12.2 Å². The highest BCUT2D eigenvalue weighted by Gasteiger charge is 2.50. The van der Waals surface area contributed by atoms with Gasteiger partial charge in [-0.3, -0.25) is 0 Å². The summed E-state index contributed by atoms with van der Waals surface area (Å²) in [6.07, 6.45) is 11.7. The summed E-state index contributed by atoms with van der Waals surface area (Å²) in [6, 6.07) is 0. The van der Waals surface area contributed by atoms with Gasteiger partial charge in [0.25, 0.3) is 0 Å². The van der Waals surface area contributed by atoms with Gasteiger partial charge in [-0.2, -0.15) is 0 Å². The monoisotopic (exact) mass is 278 g/mol. The molecule has 2 rings (SSSR count). The lowest BCUT2D eigenvalue weighted by molar-refractivity contribution is -0.153. The molecule has 1 heterocycles. The van der Waals surface area contributed by atoms with Gasteiger partial charge in [0.1, 0.15) is 6.10 Å². The maximum absolute atomic E-state index is 9.65. The molecule has 1 fully saturated rings. The van der Waals surface area contributed by atoms with Crippen LogP contribution < -0.4 is 0 Å². The molecule has 3 nitrogen and oxygen atoms in total. The SMILES string of the molecule is C#C[C@]1(C)OC(C)(C)O[C@H]1C[C@H]1CC=C[C@@H](C)[C@H]1CO. The summed E-state index contributed by atoms with van der Waals surface area (Å²) in [5.41, 5.74) is -0.687. The lowest BCUT2D eigenvalue weighted by Gasteiger charge is -2.35. The Bertz CT molecular complexity index is 420. The lowest BCUT2D eigenvalue weighted by atomic mass is 9.73. The van der Waals surface area contributed by atoms with Gasteiger partial charge in [0.15, 0.2) is 11.4 Å². The van der Waals surface area contributed by atoms with Gasteiger partial charge in [0, 0.05) is 6.61 Å². The highest BCUT2D eigenvalue weighted by atomic mass is 16.8. The van der Waals surface area contributed by atoms with Crippen molar-refractivity contribution in [2.24, 2.45) is 17.8 Å². The smallest absolute Gasteiger partial charge is 0.165 e. The summed E-state index contributed by atoms with van der Waals surface area (Å²) in [4.78, 5) is 0. The second-order valence-corrected chi connectivity index (χ2v) is 6.72. The lowest BCUT2D eigenvalue weighted by Crippen LogP contribution is -2.39. The van der Waals surface area contributed by atoms with Gasteiger partial charge in [-0.25, -0.2) is 0 Å². The van der Waals surface area contributed by atoms with Crippen molar-refractivity contribution >= 4 is 0 Å². The Kier molecular flexibility index (Phi) is 4.30. The zero-order valence-corrected chi connectivity index (χ0v) is 12.9. The molecule has 3 heteroatoms. The number of ether oxygens (including phenoxy) is 2. The summed E-state index contributed by atoms with van der Waals surface area (Å²) in [5, 5.41) is 9.65. The van der Waals surface area contributed by atoms with Gasteiger partial charge in [-0.1, -0.05) is 25.0 Å². The van der Waals surface area contributed by atoms with Crippen molar-refractivity contribution in [2.75, 3.05) is 6.61 Å². The minimum absolute atomic E-state index is 0.125. The van der Waals surface area contributed by atoms with Crippen molar-refractivity contribution in [1.29, 1.82) is 0 Å². The largest absolute Gasteiger partial charge is 0.396 e. The number of aliphatic hydroxyl groups is 1. The fourth-order valence-corrected chi connectivity index (χ4v) is 3.53. The van der Waals surface area contributed by atoms with Crippen LogP contribution in [0.4, 0.5) is 0 Å². The Morgan fingerprint density at radius 1 is 1.40 bits per heavy atom. The Balaban J connectivity index is 2.13. The Labute approximate surface area is 122 Å². The van der Waals surface area contributed by atoms with E-state index in [2.05, 4.69) is 25.0 Å². The molecule has 0 aromatic rings. The van der Waals surface area contributed by atoms with E-state index < -0.39 is 11.4 Å². The first-order valence-corrected chi connectivity index (χ1v) is 7.44. The Hall–Kier alpha value is -0.820. The molecule has 2 aliphatic rings. The molecule has 0 amide bonds. The quantitative estimate of drug-likeness (QED) is 0.637. The molecule has 1 saturated heterocycles. The van der Waals surface area contributed by atoms with Crippen molar-refractivity contribution < 1.29 is 14.6 Å². The number of hydrogen-bond donors (Lipinski definition) is 1. The number of aliphatic hydroxyl groups excluding tert-OH is 1. The van der Waals surface area contributed by atoms with Crippen LogP contribution in [0.5, 0.6) is 0 Å². The topological polar surface area (TPSA) is 38.7 Å². The summed E-state index contributed by atoms with van der Waals surface area (Å²) >= 11 is 0. The van der Waals surface area contributed by atoms with Crippen LogP contribution in [-0.2, 0) is 9.47 Å². The van der Waals surface area contributed by atoms with E-state index in [-0.39, 0.29) is 18.6 Å². The van der Waals surface area contributed by atoms with E-state index in [0.717, 1.165) is 12.8 Å². The standard InChI is InChI=1S/C17H26O3/c1-6-17(5)15(19-16(3,4)20-17)10-13-9-7-8-12(2)14(13)11-18/h1,7-8,12-15,18H,9-11H2,2-5H3/t12-,13-,14-,15+,17+/m1/s1. The van der Waals surface area contributed by atoms with Crippen LogP contribution >= 0.6 is 0 Å². The van der Waals surface area contributed by atoms with E-state index in [4.69, 9.17) is 15.9 Å². The summed E-state index contributed by atoms with van der Waals surface area (Å²) < 4.78 is 11.9. The third-order valence-electron chi connectivity index (χ3n) is 4.67. The molecule has 0 bridgehead atoms. The van der Waals surface area contributed by atoms with E-state index in [0.29, 0.717) is 11.8 Å². The molecule has 0 saturated carbocycles. The summed E-state index contributed by atoms with van der Waals surface area (Å²) in [7, 11) is 0. The second kappa shape index (κ2) is 5.52. The van der Waals surface area contributed by atoms with Gasteiger partial charge in [-0.05, 0) is 51.4 Å². The molecule has 112 valence electrons. The molecular formula is C17H26O3. The summed E-state index contributed by atoms with van der Waals surface area (Å²) in [5.74, 6) is 3.16. The zero-order valence-electron chi connectivity index (χ0n) is 12.9. The Morgan fingerprint density at radius 3 is 2.70 bits per heavy atom. The van der Waals surface area contributed by atoms with Crippen LogP contribution in [0.25, 0.3) is 0 Å². The average Bonchev–Trinajstić information content (AvgIpc) is 2.60.